The topological polar surface area (TPSA) is 35.6 Å². The number of likely N-dealkylation sites (N-methyl/N-ethyl adjacent to an activating group) is 1. The number of amides is 1. The van der Waals surface area contributed by atoms with Crippen LogP contribution in [0.3, 0.4) is 0 Å². The van der Waals surface area contributed by atoms with Crippen molar-refractivity contribution in [3.63, 3.8) is 0 Å². The molecule has 1 saturated heterocycles. The molecule has 1 aromatic carbocycles. The molecule has 1 aliphatic rings. The third-order valence-electron chi connectivity index (χ3n) is 3.71. The highest BCUT2D eigenvalue weighted by molar-refractivity contribution is 9.10. The van der Waals surface area contributed by atoms with Crippen LogP contribution in [0.15, 0.2) is 22.7 Å². The lowest BCUT2D eigenvalue weighted by Crippen LogP contribution is -2.45. The van der Waals surface area contributed by atoms with Gasteiger partial charge in [-0.2, -0.15) is 0 Å². The van der Waals surface area contributed by atoms with Crippen molar-refractivity contribution in [2.24, 2.45) is 0 Å². The molecule has 1 aliphatic heterocycles. The first-order chi connectivity index (χ1) is 10.1. The summed E-state index contributed by atoms with van der Waals surface area (Å²) in [6, 6.07) is 5.21. The standard InChI is InChI=1S/C15H21BrClN3O/c1-19-7-9-20(10-8-19)6-2-5-18-15(21)12-3-4-14(17)13(16)11-12/h3-4,11H,2,5-10H2,1H3,(H,18,21). The Balaban J connectivity index is 1.68. The second kappa shape index (κ2) is 8.13. The average molecular weight is 375 g/mol. The maximum absolute atomic E-state index is 12.0. The molecule has 1 fully saturated rings. The van der Waals surface area contributed by atoms with E-state index in [1.54, 1.807) is 18.2 Å². The predicted octanol–water partition coefficient (Wildman–Crippen LogP) is 2.47. The molecule has 0 aliphatic carbocycles. The summed E-state index contributed by atoms with van der Waals surface area (Å²) in [5, 5.41) is 3.57. The zero-order valence-electron chi connectivity index (χ0n) is 12.2. The lowest BCUT2D eigenvalue weighted by Gasteiger charge is -2.32. The van der Waals surface area contributed by atoms with Crippen molar-refractivity contribution in [1.29, 1.82) is 0 Å². The fourth-order valence-corrected chi connectivity index (χ4v) is 2.81. The SMILES string of the molecule is CN1CCN(CCCNC(=O)c2ccc(Cl)c(Br)c2)CC1. The van der Waals surface area contributed by atoms with Crippen molar-refractivity contribution in [3.05, 3.63) is 33.3 Å². The number of hydrogen-bond acceptors (Lipinski definition) is 3. The summed E-state index contributed by atoms with van der Waals surface area (Å²) in [5.41, 5.74) is 0.630. The highest BCUT2D eigenvalue weighted by Gasteiger charge is 2.13. The van der Waals surface area contributed by atoms with Gasteiger partial charge >= 0.3 is 0 Å². The van der Waals surface area contributed by atoms with Crippen LogP contribution < -0.4 is 5.32 Å². The van der Waals surface area contributed by atoms with Gasteiger partial charge in [-0.25, -0.2) is 0 Å². The molecule has 0 atom stereocenters. The quantitative estimate of drug-likeness (QED) is 0.804. The number of carbonyl (C=O) groups excluding carboxylic acids is 1. The van der Waals surface area contributed by atoms with E-state index in [1.807, 2.05) is 0 Å². The van der Waals surface area contributed by atoms with Gasteiger partial charge in [0.15, 0.2) is 0 Å². The van der Waals surface area contributed by atoms with Crippen LogP contribution >= 0.6 is 27.5 Å². The number of piperazine rings is 1. The number of carbonyl (C=O) groups is 1. The minimum atomic E-state index is -0.0502. The number of hydrogen-bond donors (Lipinski definition) is 1. The van der Waals surface area contributed by atoms with E-state index in [9.17, 15) is 4.79 Å². The number of rotatable bonds is 5. The number of nitrogens with zero attached hydrogens (tertiary/aromatic N) is 2. The maximum Gasteiger partial charge on any atom is 0.251 e. The van der Waals surface area contributed by atoms with Gasteiger partial charge in [-0.3, -0.25) is 4.79 Å². The highest BCUT2D eigenvalue weighted by atomic mass is 79.9. The normalized spacial score (nSPS) is 16.9. The van der Waals surface area contributed by atoms with E-state index in [0.29, 0.717) is 17.1 Å². The summed E-state index contributed by atoms with van der Waals surface area (Å²) in [5.74, 6) is -0.0502. The van der Waals surface area contributed by atoms with Crippen molar-refractivity contribution >= 4 is 33.4 Å². The predicted molar refractivity (Wildman–Crippen MR) is 90.0 cm³/mol. The molecular formula is C15H21BrClN3O. The second-order valence-corrected chi connectivity index (χ2v) is 6.64. The molecular weight excluding hydrogens is 354 g/mol. The molecule has 116 valence electrons. The van der Waals surface area contributed by atoms with Gasteiger partial charge in [0.25, 0.3) is 5.91 Å². The smallest absolute Gasteiger partial charge is 0.251 e. The van der Waals surface area contributed by atoms with Gasteiger partial charge in [0.2, 0.25) is 0 Å². The fraction of sp³-hybridized carbons (Fsp3) is 0.533. The molecule has 0 bridgehead atoms. The van der Waals surface area contributed by atoms with E-state index in [4.69, 9.17) is 11.6 Å². The summed E-state index contributed by atoms with van der Waals surface area (Å²) < 4.78 is 0.745. The van der Waals surface area contributed by atoms with E-state index in [1.165, 1.54) is 0 Å². The summed E-state index contributed by atoms with van der Waals surface area (Å²) in [6.45, 7) is 6.24. The van der Waals surface area contributed by atoms with Gasteiger partial charge in [-0.1, -0.05) is 11.6 Å². The van der Waals surface area contributed by atoms with E-state index in [0.717, 1.165) is 43.6 Å². The summed E-state index contributed by atoms with van der Waals surface area (Å²) in [6.07, 6.45) is 0.976. The molecule has 6 heteroatoms. The highest BCUT2D eigenvalue weighted by Crippen LogP contribution is 2.23. The summed E-state index contributed by atoms with van der Waals surface area (Å²) in [7, 11) is 2.15. The molecule has 1 amide bonds. The van der Waals surface area contributed by atoms with Crippen LogP contribution in [-0.2, 0) is 0 Å². The molecule has 0 saturated carbocycles. The van der Waals surface area contributed by atoms with Gasteiger partial charge in [-0.05, 0) is 54.1 Å². The van der Waals surface area contributed by atoms with E-state index >= 15 is 0 Å². The Hall–Kier alpha value is -0.620. The molecule has 2 rings (SSSR count). The lowest BCUT2D eigenvalue weighted by atomic mass is 10.2. The minimum Gasteiger partial charge on any atom is -0.352 e. The second-order valence-electron chi connectivity index (χ2n) is 5.38. The Bertz CT molecular complexity index is 490. The zero-order chi connectivity index (χ0) is 15.2. The van der Waals surface area contributed by atoms with Crippen molar-refractivity contribution < 1.29 is 4.79 Å². The van der Waals surface area contributed by atoms with Crippen molar-refractivity contribution in [3.8, 4) is 0 Å². The van der Waals surface area contributed by atoms with E-state index in [2.05, 4.69) is 38.1 Å². The van der Waals surface area contributed by atoms with Gasteiger partial charge in [0, 0.05) is 42.8 Å². The van der Waals surface area contributed by atoms with Crippen LogP contribution in [0.4, 0.5) is 0 Å². The third-order valence-corrected chi connectivity index (χ3v) is 4.93. The van der Waals surface area contributed by atoms with Crippen LogP contribution in [0.1, 0.15) is 16.8 Å². The number of benzene rings is 1. The lowest BCUT2D eigenvalue weighted by molar-refractivity contribution is 0.0949. The van der Waals surface area contributed by atoms with Crippen molar-refractivity contribution in [2.45, 2.75) is 6.42 Å². The Morgan fingerprint density at radius 3 is 2.71 bits per heavy atom. The summed E-state index contributed by atoms with van der Waals surface area (Å²) in [4.78, 5) is 16.8. The monoisotopic (exact) mass is 373 g/mol. The largest absolute Gasteiger partial charge is 0.352 e. The van der Waals surface area contributed by atoms with Crippen LogP contribution in [0.5, 0.6) is 0 Å². The van der Waals surface area contributed by atoms with Crippen LogP contribution in [0.2, 0.25) is 5.02 Å². The van der Waals surface area contributed by atoms with Crippen LogP contribution in [0, 0.1) is 0 Å². The van der Waals surface area contributed by atoms with Gasteiger partial charge in [-0.15, -0.1) is 0 Å². The van der Waals surface area contributed by atoms with E-state index < -0.39 is 0 Å². The molecule has 1 N–H and O–H groups in total. The Morgan fingerprint density at radius 1 is 1.33 bits per heavy atom. The van der Waals surface area contributed by atoms with Gasteiger partial charge in [0.1, 0.15) is 0 Å². The first kappa shape index (κ1) is 16.7. The number of halogens is 2. The first-order valence-electron chi connectivity index (χ1n) is 7.20. The Kier molecular flexibility index (Phi) is 6.48. The Morgan fingerprint density at radius 2 is 2.05 bits per heavy atom. The fourth-order valence-electron chi connectivity index (χ4n) is 2.32. The molecule has 1 aromatic rings. The molecule has 0 radical (unpaired) electrons. The zero-order valence-corrected chi connectivity index (χ0v) is 14.6. The van der Waals surface area contributed by atoms with Crippen LogP contribution in [0.25, 0.3) is 0 Å². The first-order valence-corrected chi connectivity index (χ1v) is 8.37. The Labute approximate surface area is 139 Å². The molecule has 0 aromatic heterocycles. The van der Waals surface area contributed by atoms with Crippen molar-refractivity contribution in [2.75, 3.05) is 46.3 Å². The average Bonchev–Trinajstić information content (AvgIpc) is 2.48. The third kappa shape index (κ3) is 5.25. The van der Waals surface area contributed by atoms with Gasteiger partial charge in [0.05, 0.1) is 5.02 Å². The molecule has 0 unspecified atom stereocenters. The number of nitrogens with one attached hydrogen (secondary N) is 1. The molecule has 1 heterocycles. The molecule has 0 spiro atoms. The molecule has 4 nitrogen and oxygen atoms in total. The molecule has 21 heavy (non-hydrogen) atoms. The van der Waals surface area contributed by atoms with Crippen LogP contribution in [-0.4, -0.2) is 62.0 Å². The maximum atomic E-state index is 12.0. The van der Waals surface area contributed by atoms with Crippen molar-refractivity contribution in [1.82, 2.24) is 15.1 Å². The van der Waals surface area contributed by atoms with Gasteiger partial charge < -0.3 is 15.1 Å². The van der Waals surface area contributed by atoms with E-state index in [-0.39, 0.29) is 5.91 Å². The summed E-state index contributed by atoms with van der Waals surface area (Å²) >= 11 is 9.25. The minimum absolute atomic E-state index is 0.0502.